The Labute approximate surface area is 163 Å². The number of fused-ring (bicyclic) bond motifs is 1. The molecule has 2 aromatic heterocycles. The van der Waals surface area contributed by atoms with Crippen molar-refractivity contribution >= 4 is 28.9 Å². The van der Waals surface area contributed by atoms with E-state index in [0.717, 1.165) is 6.33 Å². The van der Waals surface area contributed by atoms with Crippen molar-refractivity contribution in [2.75, 3.05) is 17.5 Å². The molecule has 0 bridgehead atoms. The lowest BCUT2D eigenvalue weighted by Crippen LogP contribution is -2.30. The lowest BCUT2D eigenvalue weighted by molar-refractivity contribution is -0.383. The van der Waals surface area contributed by atoms with E-state index in [1.54, 1.807) is 30.3 Å². The third-order valence-corrected chi connectivity index (χ3v) is 3.86. The second kappa shape index (κ2) is 7.64. The van der Waals surface area contributed by atoms with Crippen molar-refractivity contribution in [3.05, 3.63) is 64.7 Å². The fraction of sp³-hybridized carbons (Fsp3) is 0.0588. The molecule has 0 saturated carbocycles. The first-order valence-electron chi connectivity index (χ1n) is 8.24. The Morgan fingerprint density at radius 3 is 2.76 bits per heavy atom. The summed E-state index contributed by atoms with van der Waals surface area (Å²) in [5, 5.41) is 14.5. The van der Waals surface area contributed by atoms with Crippen LogP contribution in [0.3, 0.4) is 0 Å². The maximum Gasteiger partial charge on any atom is 0.355 e. The van der Waals surface area contributed by atoms with Gasteiger partial charge in [0.05, 0.1) is 10.5 Å². The quantitative estimate of drug-likeness (QED) is 0.417. The number of ether oxygens (including phenoxy) is 2. The van der Waals surface area contributed by atoms with Crippen LogP contribution in [0.25, 0.3) is 0 Å². The Kier molecular flexibility index (Phi) is 4.72. The van der Waals surface area contributed by atoms with Crippen molar-refractivity contribution < 1.29 is 19.2 Å². The van der Waals surface area contributed by atoms with Crippen molar-refractivity contribution in [2.45, 2.75) is 0 Å². The monoisotopic (exact) mass is 395 g/mol. The first-order valence-corrected chi connectivity index (χ1v) is 8.24. The zero-order chi connectivity index (χ0) is 20.2. The Morgan fingerprint density at radius 1 is 1.14 bits per heavy atom. The fourth-order valence-electron chi connectivity index (χ4n) is 2.53. The highest BCUT2D eigenvalue weighted by atomic mass is 16.7. The van der Waals surface area contributed by atoms with Crippen LogP contribution < -0.4 is 25.6 Å². The number of carbonyl (C=O) groups excluding carboxylic acids is 1. The molecule has 3 heterocycles. The number of anilines is 3. The van der Waals surface area contributed by atoms with E-state index >= 15 is 0 Å². The molecular formula is C17H13N7O5. The van der Waals surface area contributed by atoms with Crippen LogP contribution in [-0.4, -0.2) is 32.6 Å². The molecule has 0 unspecified atom stereocenters. The molecule has 0 saturated heterocycles. The summed E-state index contributed by atoms with van der Waals surface area (Å²) >= 11 is 0. The highest BCUT2D eigenvalue weighted by Gasteiger charge is 2.24. The number of hydrogen-bond acceptors (Lipinski definition) is 10. The molecule has 0 aliphatic carbocycles. The van der Waals surface area contributed by atoms with Gasteiger partial charge in [-0.15, -0.1) is 0 Å². The van der Waals surface area contributed by atoms with Gasteiger partial charge in [-0.05, 0) is 24.3 Å². The summed E-state index contributed by atoms with van der Waals surface area (Å²) in [6, 6.07) is 8.10. The molecule has 1 aliphatic heterocycles. The Morgan fingerprint density at radius 2 is 1.97 bits per heavy atom. The van der Waals surface area contributed by atoms with Gasteiger partial charge in [0.2, 0.25) is 18.4 Å². The van der Waals surface area contributed by atoms with Gasteiger partial charge in [0, 0.05) is 24.1 Å². The summed E-state index contributed by atoms with van der Waals surface area (Å²) in [6.07, 6.45) is 4.01. The van der Waals surface area contributed by atoms with Gasteiger partial charge in [0.15, 0.2) is 11.5 Å². The van der Waals surface area contributed by atoms with Crippen molar-refractivity contribution in [3.8, 4) is 11.5 Å². The minimum absolute atomic E-state index is 0.0676. The summed E-state index contributed by atoms with van der Waals surface area (Å²) in [7, 11) is 0. The number of nitro groups is 1. The van der Waals surface area contributed by atoms with E-state index < -0.39 is 16.5 Å². The molecule has 0 atom stereocenters. The largest absolute Gasteiger partial charge is 0.454 e. The van der Waals surface area contributed by atoms with E-state index in [-0.39, 0.29) is 24.0 Å². The molecule has 3 N–H and O–H groups in total. The minimum Gasteiger partial charge on any atom is -0.454 e. The predicted molar refractivity (Wildman–Crippen MR) is 99.9 cm³/mol. The highest BCUT2D eigenvalue weighted by Crippen LogP contribution is 2.36. The summed E-state index contributed by atoms with van der Waals surface area (Å²) in [5.74, 6) is 0.297. The van der Waals surface area contributed by atoms with Crippen molar-refractivity contribution in [3.63, 3.8) is 0 Å². The maximum absolute atomic E-state index is 12.1. The van der Waals surface area contributed by atoms with Crippen LogP contribution in [0.2, 0.25) is 0 Å². The first kappa shape index (κ1) is 17.9. The average molecular weight is 395 g/mol. The minimum atomic E-state index is -0.659. The highest BCUT2D eigenvalue weighted by molar-refractivity contribution is 5.94. The molecule has 4 rings (SSSR count). The number of nitrogens with zero attached hydrogens (tertiary/aromatic N) is 4. The van der Waals surface area contributed by atoms with Gasteiger partial charge >= 0.3 is 5.69 Å². The fourth-order valence-corrected chi connectivity index (χ4v) is 2.53. The number of benzene rings is 1. The van der Waals surface area contributed by atoms with Crippen molar-refractivity contribution in [2.24, 2.45) is 0 Å². The van der Waals surface area contributed by atoms with Crippen LogP contribution in [0.5, 0.6) is 11.5 Å². The van der Waals surface area contributed by atoms with E-state index in [2.05, 4.69) is 31.1 Å². The number of amides is 1. The number of carbonyl (C=O) groups is 1. The molecule has 29 heavy (non-hydrogen) atoms. The van der Waals surface area contributed by atoms with E-state index in [4.69, 9.17) is 9.47 Å². The topological polar surface area (TPSA) is 153 Å². The van der Waals surface area contributed by atoms with E-state index in [1.807, 2.05) is 0 Å². The predicted octanol–water partition coefficient (Wildman–Crippen LogP) is 2.01. The van der Waals surface area contributed by atoms with Crippen LogP contribution in [-0.2, 0) is 0 Å². The van der Waals surface area contributed by atoms with Gasteiger partial charge in [0.1, 0.15) is 6.33 Å². The van der Waals surface area contributed by atoms with E-state index in [1.165, 1.54) is 12.4 Å². The number of hydrogen-bond donors (Lipinski definition) is 3. The molecule has 1 aromatic carbocycles. The van der Waals surface area contributed by atoms with Crippen molar-refractivity contribution in [1.29, 1.82) is 0 Å². The number of hydrazine groups is 1. The molecule has 0 radical (unpaired) electrons. The smallest absolute Gasteiger partial charge is 0.355 e. The van der Waals surface area contributed by atoms with Gasteiger partial charge in [-0.1, -0.05) is 0 Å². The van der Waals surface area contributed by atoms with Gasteiger partial charge in [-0.3, -0.25) is 30.7 Å². The molecule has 1 aliphatic rings. The van der Waals surface area contributed by atoms with E-state index in [0.29, 0.717) is 17.2 Å². The number of pyridine rings is 1. The zero-order valence-corrected chi connectivity index (χ0v) is 14.7. The van der Waals surface area contributed by atoms with Gasteiger partial charge in [0.25, 0.3) is 5.91 Å². The van der Waals surface area contributed by atoms with Crippen LogP contribution in [0.15, 0.2) is 49.1 Å². The summed E-state index contributed by atoms with van der Waals surface area (Å²) in [6.45, 7) is 0.108. The molecule has 0 fully saturated rings. The summed E-state index contributed by atoms with van der Waals surface area (Å²) < 4.78 is 10.5. The van der Waals surface area contributed by atoms with Gasteiger partial charge in [-0.25, -0.2) is 9.97 Å². The van der Waals surface area contributed by atoms with Crippen LogP contribution in [0.4, 0.5) is 23.0 Å². The SMILES string of the molecule is O=C(NNc1ncnc(Nc2ccc3c(c2)OCO3)c1[N+](=O)[O-])c1cccnc1. The van der Waals surface area contributed by atoms with Crippen molar-refractivity contribution in [1.82, 2.24) is 20.4 Å². The normalized spacial score (nSPS) is 11.6. The second-order valence-electron chi connectivity index (χ2n) is 5.69. The summed E-state index contributed by atoms with van der Waals surface area (Å²) in [4.78, 5) is 34.7. The summed E-state index contributed by atoms with van der Waals surface area (Å²) in [5.41, 5.74) is 5.13. The zero-order valence-electron chi connectivity index (χ0n) is 14.7. The van der Waals surface area contributed by atoms with Gasteiger partial charge in [-0.2, -0.15) is 0 Å². The molecule has 12 nitrogen and oxygen atoms in total. The Bertz CT molecular complexity index is 1080. The second-order valence-corrected chi connectivity index (χ2v) is 5.69. The third-order valence-electron chi connectivity index (χ3n) is 3.86. The molecular weight excluding hydrogens is 382 g/mol. The third kappa shape index (κ3) is 3.80. The lowest BCUT2D eigenvalue weighted by Gasteiger charge is -2.11. The maximum atomic E-state index is 12.1. The first-order chi connectivity index (χ1) is 14.1. The molecule has 146 valence electrons. The average Bonchev–Trinajstić information content (AvgIpc) is 3.20. The molecule has 1 amide bonds. The number of nitrogens with one attached hydrogen (secondary N) is 3. The molecule has 0 spiro atoms. The van der Waals surface area contributed by atoms with Crippen LogP contribution in [0.1, 0.15) is 10.4 Å². The standard InChI is InChI=1S/C17H13N7O5/c25-17(10-2-1-5-18-7-10)23-22-16-14(24(26)27)15(19-8-20-16)21-11-3-4-12-13(6-11)29-9-28-12/h1-8H,9H2,(H,23,25)(H2,19,20,21,22). The van der Waals surface area contributed by atoms with E-state index in [9.17, 15) is 14.9 Å². The molecule has 3 aromatic rings. The van der Waals surface area contributed by atoms with Crippen LogP contribution in [0, 0.1) is 10.1 Å². The molecule has 12 heteroatoms. The Hall–Kier alpha value is -4.48. The van der Waals surface area contributed by atoms with Crippen LogP contribution >= 0.6 is 0 Å². The Balaban J connectivity index is 1.56. The number of aromatic nitrogens is 3. The van der Waals surface area contributed by atoms with Gasteiger partial charge < -0.3 is 14.8 Å². The number of rotatable bonds is 6. The lowest BCUT2D eigenvalue weighted by atomic mass is 10.2.